The zero-order chi connectivity index (χ0) is 17.0. The van der Waals surface area contributed by atoms with Gasteiger partial charge in [0.1, 0.15) is 0 Å². The van der Waals surface area contributed by atoms with Crippen molar-refractivity contribution in [3.05, 3.63) is 53.1 Å². The molecular weight excluding hydrogens is 356 g/mol. The first-order valence-corrected chi connectivity index (χ1v) is 9.48. The molecule has 0 bridgehead atoms. The lowest BCUT2D eigenvalue weighted by Gasteiger charge is -2.09. The summed E-state index contributed by atoms with van der Waals surface area (Å²) in [4.78, 5) is 12.9. The Balaban J connectivity index is 2.01. The third-order valence-corrected chi connectivity index (χ3v) is 5.28. The molecule has 0 atom stereocenters. The second kappa shape index (κ2) is 7.35. The van der Waals surface area contributed by atoms with E-state index in [-0.39, 0.29) is 16.6 Å². The van der Waals surface area contributed by atoms with E-state index in [9.17, 15) is 13.2 Å². The van der Waals surface area contributed by atoms with Crippen LogP contribution in [0.3, 0.4) is 0 Å². The number of primary sulfonamides is 1. The van der Waals surface area contributed by atoms with Crippen molar-refractivity contribution in [1.29, 1.82) is 0 Å². The van der Waals surface area contributed by atoms with Crippen LogP contribution in [0.15, 0.2) is 52.3 Å². The molecular formula is C15H15ClN2O3S2. The van der Waals surface area contributed by atoms with Crippen molar-refractivity contribution in [3.8, 4) is 0 Å². The average Bonchev–Trinajstić information content (AvgIpc) is 2.47. The van der Waals surface area contributed by atoms with E-state index >= 15 is 0 Å². The molecule has 0 saturated carbocycles. The minimum atomic E-state index is -3.82. The van der Waals surface area contributed by atoms with Gasteiger partial charge in [0.2, 0.25) is 15.9 Å². The van der Waals surface area contributed by atoms with Crippen molar-refractivity contribution >= 4 is 45.0 Å². The minimum absolute atomic E-state index is 0.000606. The monoisotopic (exact) mass is 370 g/mol. The number of amides is 1. The molecule has 5 nitrogen and oxygen atoms in total. The van der Waals surface area contributed by atoms with Crippen molar-refractivity contribution in [2.24, 2.45) is 5.14 Å². The maximum atomic E-state index is 12.0. The van der Waals surface area contributed by atoms with E-state index in [0.29, 0.717) is 16.3 Å². The Morgan fingerprint density at radius 1 is 1.22 bits per heavy atom. The van der Waals surface area contributed by atoms with Crippen LogP contribution in [0.4, 0.5) is 5.69 Å². The standard InChI is InChI=1S/C15H15ClN2O3S2/c1-10-2-5-12(8-14(10)23(17,20)21)18-15(19)9-22-13-6-3-11(16)4-7-13/h2-8H,9H2,1H3,(H,18,19)(H2,17,20,21). The second-order valence-electron chi connectivity index (χ2n) is 4.82. The summed E-state index contributed by atoms with van der Waals surface area (Å²) in [6.07, 6.45) is 0. The first kappa shape index (κ1) is 17.8. The summed E-state index contributed by atoms with van der Waals surface area (Å²) in [5.74, 6) is -0.0468. The highest BCUT2D eigenvalue weighted by molar-refractivity contribution is 8.00. The highest BCUT2D eigenvalue weighted by Gasteiger charge is 2.13. The zero-order valence-corrected chi connectivity index (χ0v) is 14.6. The molecule has 8 heteroatoms. The van der Waals surface area contributed by atoms with Gasteiger partial charge in [0.25, 0.3) is 0 Å². The topological polar surface area (TPSA) is 89.3 Å². The van der Waals surface area contributed by atoms with E-state index < -0.39 is 10.0 Å². The van der Waals surface area contributed by atoms with E-state index in [4.69, 9.17) is 16.7 Å². The van der Waals surface area contributed by atoms with Gasteiger partial charge in [0, 0.05) is 15.6 Å². The third-order valence-electron chi connectivity index (χ3n) is 2.96. The number of anilines is 1. The van der Waals surface area contributed by atoms with Crippen LogP contribution in [0.2, 0.25) is 5.02 Å². The number of benzene rings is 2. The van der Waals surface area contributed by atoms with E-state index in [0.717, 1.165) is 4.90 Å². The predicted molar refractivity (Wildman–Crippen MR) is 93.4 cm³/mol. The number of thioether (sulfide) groups is 1. The Kier molecular flexibility index (Phi) is 5.69. The summed E-state index contributed by atoms with van der Waals surface area (Å²) in [7, 11) is -3.82. The van der Waals surface area contributed by atoms with Crippen LogP contribution in [-0.2, 0) is 14.8 Å². The molecule has 0 aliphatic heterocycles. The maximum Gasteiger partial charge on any atom is 0.238 e. The summed E-state index contributed by atoms with van der Waals surface area (Å²) < 4.78 is 23.0. The highest BCUT2D eigenvalue weighted by Crippen LogP contribution is 2.22. The molecule has 0 spiro atoms. The molecule has 0 unspecified atom stereocenters. The first-order valence-electron chi connectivity index (χ1n) is 6.57. The molecule has 3 N–H and O–H groups in total. The molecule has 122 valence electrons. The predicted octanol–water partition coefficient (Wildman–Crippen LogP) is 3.03. The molecule has 0 aliphatic carbocycles. The molecule has 2 aromatic carbocycles. The van der Waals surface area contributed by atoms with Crippen molar-refractivity contribution in [2.45, 2.75) is 16.7 Å². The molecule has 2 rings (SSSR count). The van der Waals surface area contributed by atoms with Crippen LogP contribution >= 0.6 is 23.4 Å². The lowest BCUT2D eigenvalue weighted by Crippen LogP contribution is -2.17. The normalized spacial score (nSPS) is 11.3. The Morgan fingerprint density at radius 3 is 2.48 bits per heavy atom. The molecule has 1 amide bonds. The molecule has 23 heavy (non-hydrogen) atoms. The number of hydrogen-bond donors (Lipinski definition) is 2. The quantitative estimate of drug-likeness (QED) is 0.791. The fraction of sp³-hybridized carbons (Fsp3) is 0.133. The van der Waals surface area contributed by atoms with Crippen molar-refractivity contribution in [2.75, 3.05) is 11.1 Å². The van der Waals surface area contributed by atoms with Crippen molar-refractivity contribution in [3.63, 3.8) is 0 Å². The second-order valence-corrected chi connectivity index (χ2v) is 7.83. The van der Waals surface area contributed by atoms with E-state index in [1.807, 2.05) is 12.1 Å². The lowest BCUT2D eigenvalue weighted by atomic mass is 10.2. The number of carbonyl (C=O) groups excluding carboxylic acids is 1. The zero-order valence-electron chi connectivity index (χ0n) is 12.2. The molecule has 0 radical (unpaired) electrons. The molecule has 0 heterocycles. The van der Waals surface area contributed by atoms with Crippen LogP contribution in [-0.4, -0.2) is 20.1 Å². The summed E-state index contributed by atoms with van der Waals surface area (Å²) in [6, 6.07) is 11.7. The number of rotatable bonds is 5. The van der Waals surface area contributed by atoms with E-state index in [1.54, 1.807) is 31.2 Å². The van der Waals surface area contributed by atoms with Gasteiger partial charge >= 0.3 is 0 Å². The van der Waals surface area contributed by atoms with Gasteiger partial charge in [-0.25, -0.2) is 13.6 Å². The van der Waals surface area contributed by atoms with Gasteiger partial charge in [-0.3, -0.25) is 4.79 Å². The molecule has 0 fully saturated rings. The largest absolute Gasteiger partial charge is 0.325 e. The van der Waals surface area contributed by atoms with Gasteiger partial charge in [-0.1, -0.05) is 17.7 Å². The van der Waals surface area contributed by atoms with E-state index in [1.165, 1.54) is 17.8 Å². The molecule has 0 aromatic heterocycles. The Morgan fingerprint density at radius 2 is 1.87 bits per heavy atom. The SMILES string of the molecule is Cc1ccc(NC(=O)CSc2ccc(Cl)cc2)cc1S(N)(=O)=O. The Hall–Kier alpha value is -1.54. The van der Waals surface area contributed by atoms with Crippen LogP contribution < -0.4 is 10.5 Å². The van der Waals surface area contributed by atoms with Crippen LogP contribution in [0.5, 0.6) is 0 Å². The van der Waals surface area contributed by atoms with Crippen LogP contribution in [0.25, 0.3) is 0 Å². The van der Waals surface area contributed by atoms with E-state index in [2.05, 4.69) is 5.32 Å². The number of aryl methyl sites for hydroxylation is 1. The summed E-state index contributed by atoms with van der Waals surface area (Å²) in [6.45, 7) is 1.64. The number of halogens is 1. The van der Waals surface area contributed by atoms with Gasteiger partial charge in [-0.2, -0.15) is 0 Å². The van der Waals surface area contributed by atoms with Crippen molar-refractivity contribution in [1.82, 2.24) is 0 Å². The van der Waals surface area contributed by atoms with Gasteiger partial charge in [0.05, 0.1) is 10.6 Å². The minimum Gasteiger partial charge on any atom is -0.325 e. The number of carbonyl (C=O) groups is 1. The van der Waals surface area contributed by atoms with Gasteiger partial charge in [-0.15, -0.1) is 11.8 Å². The number of hydrogen-bond acceptors (Lipinski definition) is 4. The first-order chi connectivity index (χ1) is 10.8. The fourth-order valence-corrected chi connectivity index (χ4v) is 3.49. The number of sulfonamides is 1. The molecule has 2 aromatic rings. The molecule has 0 saturated heterocycles. The number of nitrogens with two attached hydrogens (primary N) is 1. The van der Waals surface area contributed by atoms with Crippen LogP contribution in [0.1, 0.15) is 5.56 Å². The van der Waals surface area contributed by atoms with Gasteiger partial charge in [-0.05, 0) is 48.9 Å². The summed E-state index contributed by atoms with van der Waals surface area (Å²) in [5.41, 5.74) is 0.919. The summed E-state index contributed by atoms with van der Waals surface area (Å²) >= 11 is 7.15. The maximum absolute atomic E-state index is 12.0. The van der Waals surface area contributed by atoms with Gasteiger partial charge in [0.15, 0.2) is 0 Å². The van der Waals surface area contributed by atoms with Crippen LogP contribution in [0, 0.1) is 6.92 Å². The van der Waals surface area contributed by atoms with Gasteiger partial charge < -0.3 is 5.32 Å². The fourth-order valence-electron chi connectivity index (χ4n) is 1.86. The Bertz CT molecular complexity index is 821. The third kappa shape index (κ3) is 5.24. The van der Waals surface area contributed by atoms with Crippen molar-refractivity contribution < 1.29 is 13.2 Å². The average molecular weight is 371 g/mol. The number of nitrogens with one attached hydrogen (secondary N) is 1. The highest BCUT2D eigenvalue weighted by atomic mass is 35.5. The lowest BCUT2D eigenvalue weighted by molar-refractivity contribution is -0.113. The smallest absolute Gasteiger partial charge is 0.238 e. The molecule has 0 aliphatic rings. The summed E-state index contributed by atoms with van der Waals surface area (Å²) in [5, 5.41) is 8.44. The Labute approximate surface area is 144 Å².